The number of halogens is 3. The van der Waals surface area contributed by atoms with Crippen LogP contribution in [0.25, 0.3) is 0 Å². The Bertz CT molecular complexity index is 549. The van der Waals surface area contributed by atoms with Crippen LogP contribution < -0.4 is 0 Å². The quantitative estimate of drug-likeness (QED) is 0.548. The van der Waals surface area contributed by atoms with E-state index in [4.69, 9.17) is 23.2 Å². The van der Waals surface area contributed by atoms with Gasteiger partial charge in [-0.05, 0) is 42.0 Å². The second-order valence-corrected chi connectivity index (χ2v) is 5.57. The van der Waals surface area contributed by atoms with Crippen molar-refractivity contribution in [2.24, 2.45) is 0 Å². The number of benzene rings is 2. The number of hydrogen-bond donors (Lipinski definition) is 0. The molecule has 0 fully saturated rings. The zero-order valence-electron chi connectivity index (χ0n) is 9.24. The summed E-state index contributed by atoms with van der Waals surface area (Å²) in [5.41, 5.74) is 1.34. The summed E-state index contributed by atoms with van der Waals surface area (Å²) >= 11 is 15.3. The molecule has 0 radical (unpaired) electrons. The monoisotopic (exact) mass is 342 g/mol. The summed E-state index contributed by atoms with van der Waals surface area (Å²) in [7, 11) is 0. The van der Waals surface area contributed by atoms with E-state index >= 15 is 0 Å². The summed E-state index contributed by atoms with van der Waals surface area (Å²) in [6.07, 6.45) is 0. The summed E-state index contributed by atoms with van der Waals surface area (Å²) in [5.74, 6) is -0.129. The lowest BCUT2D eigenvalue weighted by atomic mass is 10.0. The Kier molecular flexibility index (Phi) is 4.44. The van der Waals surface area contributed by atoms with Crippen molar-refractivity contribution in [1.29, 1.82) is 0 Å². The minimum Gasteiger partial charge on any atom is -0.292 e. The largest absolute Gasteiger partial charge is 0.292 e. The minimum absolute atomic E-state index is 0.129. The predicted molar refractivity (Wildman–Crippen MR) is 78.5 cm³/mol. The Morgan fingerprint density at radius 3 is 2.11 bits per heavy atom. The molecule has 4 heteroatoms. The van der Waals surface area contributed by atoms with Crippen molar-refractivity contribution in [3.05, 3.63) is 69.2 Å². The average Bonchev–Trinajstić information content (AvgIpc) is 2.39. The maximum Gasteiger partial charge on any atom is 0.185 e. The molecular formula is C14H9BrCl2O. The van der Waals surface area contributed by atoms with Crippen molar-refractivity contribution >= 4 is 44.9 Å². The van der Waals surface area contributed by atoms with Gasteiger partial charge in [-0.25, -0.2) is 0 Å². The molecule has 0 heterocycles. The maximum atomic E-state index is 12.2. The molecule has 0 saturated carbocycles. The van der Waals surface area contributed by atoms with Crippen LogP contribution in [-0.2, 0) is 0 Å². The summed E-state index contributed by atoms with van der Waals surface area (Å²) in [6.45, 7) is 0. The SMILES string of the molecule is O=C(c1ccc(Cl)cc1)C(Cl)c1ccc(Br)cc1. The Morgan fingerprint density at radius 2 is 1.56 bits per heavy atom. The number of carbonyl (C=O) groups excluding carboxylic acids is 1. The molecule has 1 unspecified atom stereocenters. The standard InChI is InChI=1S/C14H9BrCl2O/c15-11-5-1-9(2-6-11)13(17)14(18)10-3-7-12(16)8-4-10/h1-8,13H. The van der Waals surface area contributed by atoms with Crippen LogP contribution in [0.3, 0.4) is 0 Å². The third kappa shape index (κ3) is 3.14. The number of rotatable bonds is 3. The molecule has 2 aromatic rings. The molecule has 0 amide bonds. The van der Waals surface area contributed by atoms with Crippen LogP contribution in [-0.4, -0.2) is 5.78 Å². The molecule has 0 bridgehead atoms. The molecule has 0 aliphatic carbocycles. The Hall–Kier alpha value is -0.830. The molecule has 0 N–H and O–H groups in total. The molecule has 2 rings (SSSR count). The molecule has 1 nitrogen and oxygen atoms in total. The van der Waals surface area contributed by atoms with Gasteiger partial charge in [0.05, 0.1) is 0 Å². The smallest absolute Gasteiger partial charge is 0.185 e. The highest BCUT2D eigenvalue weighted by Crippen LogP contribution is 2.26. The van der Waals surface area contributed by atoms with Crippen molar-refractivity contribution in [2.45, 2.75) is 5.38 Å². The van der Waals surface area contributed by atoms with E-state index in [0.717, 1.165) is 10.0 Å². The molecule has 18 heavy (non-hydrogen) atoms. The predicted octanol–water partition coefficient (Wildman–Crippen LogP) is 5.27. The number of ketones is 1. The number of Topliss-reactive ketones (excluding diaryl/α,β-unsaturated/α-hetero) is 1. The first kappa shape index (κ1) is 13.6. The van der Waals surface area contributed by atoms with E-state index in [1.54, 1.807) is 24.3 Å². The van der Waals surface area contributed by atoms with Crippen LogP contribution in [0.5, 0.6) is 0 Å². The molecule has 92 valence electrons. The lowest BCUT2D eigenvalue weighted by Gasteiger charge is -2.09. The Balaban J connectivity index is 2.23. The third-order valence-electron chi connectivity index (χ3n) is 2.52. The fourth-order valence-electron chi connectivity index (χ4n) is 1.54. The van der Waals surface area contributed by atoms with E-state index in [9.17, 15) is 4.79 Å². The van der Waals surface area contributed by atoms with Gasteiger partial charge in [0.15, 0.2) is 5.78 Å². The molecule has 0 aromatic heterocycles. The van der Waals surface area contributed by atoms with Crippen LogP contribution in [0.4, 0.5) is 0 Å². The Labute approximate surface area is 124 Å². The van der Waals surface area contributed by atoms with E-state index in [2.05, 4.69) is 15.9 Å². The first-order valence-electron chi connectivity index (χ1n) is 5.27. The Morgan fingerprint density at radius 1 is 1.00 bits per heavy atom. The molecule has 0 aliphatic rings. The summed E-state index contributed by atoms with van der Waals surface area (Å²) < 4.78 is 0.953. The zero-order valence-corrected chi connectivity index (χ0v) is 12.3. The second kappa shape index (κ2) is 5.87. The van der Waals surface area contributed by atoms with Gasteiger partial charge < -0.3 is 0 Å². The van der Waals surface area contributed by atoms with E-state index in [1.165, 1.54) is 0 Å². The summed E-state index contributed by atoms with van der Waals surface area (Å²) in [5, 5.41) is -0.0828. The van der Waals surface area contributed by atoms with Crippen molar-refractivity contribution in [3.63, 3.8) is 0 Å². The fraction of sp³-hybridized carbons (Fsp3) is 0.0714. The van der Waals surface area contributed by atoms with Crippen LogP contribution in [0.15, 0.2) is 53.0 Å². The molecule has 0 saturated heterocycles. The van der Waals surface area contributed by atoms with E-state index < -0.39 is 5.38 Å². The topological polar surface area (TPSA) is 17.1 Å². The number of alkyl halides is 1. The molecule has 0 spiro atoms. The van der Waals surface area contributed by atoms with Gasteiger partial charge in [0, 0.05) is 15.1 Å². The highest BCUT2D eigenvalue weighted by Gasteiger charge is 2.19. The number of hydrogen-bond acceptors (Lipinski definition) is 1. The van der Waals surface area contributed by atoms with Crippen molar-refractivity contribution in [3.8, 4) is 0 Å². The van der Waals surface area contributed by atoms with Crippen LogP contribution in [0.2, 0.25) is 5.02 Å². The van der Waals surface area contributed by atoms with Gasteiger partial charge in [-0.3, -0.25) is 4.79 Å². The van der Waals surface area contributed by atoms with Crippen molar-refractivity contribution in [2.75, 3.05) is 0 Å². The van der Waals surface area contributed by atoms with Crippen molar-refractivity contribution in [1.82, 2.24) is 0 Å². The van der Waals surface area contributed by atoms with E-state index in [-0.39, 0.29) is 5.78 Å². The van der Waals surface area contributed by atoms with Crippen molar-refractivity contribution < 1.29 is 4.79 Å². The van der Waals surface area contributed by atoms with Gasteiger partial charge in [-0.2, -0.15) is 0 Å². The van der Waals surface area contributed by atoms with E-state index in [0.29, 0.717) is 10.6 Å². The van der Waals surface area contributed by atoms with E-state index in [1.807, 2.05) is 24.3 Å². The normalized spacial score (nSPS) is 12.2. The van der Waals surface area contributed by atoms with Gasteiger partial charge in [0.25, 0.3) is 0 Å². The molecule has 2 aromatic carbocycles. The highest BCUT2D eigenvalue weighted by molar-refractivity contribution is 9.10. The minimum atomic E-state index is -0.681. The lowest BCUT2D eigenvalue weighted by molar-refractivity contribution is 0.0987. The molecule has 0 aliphatic heterocycles. The van der Waals surface area contributed by atoms with Gasteiger partial charge in [-0.15, -0.1) is 11.6 Å². The third-order valence-corrected chi connectivity index (χ3v) is 3.75. The average molecular weight is 344 g/mol. The van der Waals surface area contributed by atoms with Gasteiger partial charge in [0.1, 0.15) is 5.38 Å². The lowest BCUT2D eigenvalue weighted by Crippen LogP contribution is -2.07. The molecular weight excluding hydrogens is 335 g/mol. The number of carbonyl (C=O) groups is 1. The van der Waals surface area contributed by atoms with Crippen LogP contribution in [0.1, 0.15) is 21.3 Å². The second-order valence-electron chi connectivity index (χ2n) is 3.79. The summed E-state index contributed by atoms with van der Waals surface area (Å²) in [6, 6.07) is 14.1. The maximum absolute atomic E-state index is 12.2. The molecule has 1 atom stereocenters. The van der Waals surface area contributed by atoms with Gasteiger partial charge in [0.2, 0.25) is 0 Å². The first-order valence-corrected chi connectivity index (χ1v) is 6.88. The van der Waals surface area contributed by atoms with Gasteiger partial charge in [-0.1, -0.05) is 39.7 Å². The zero-order chi connectivity index (χ0) is 13.1. The van der Waals surface area contributed by atoms with Crippen LogP contribution >= 0.6 is 39.1 Å². The van der Waals surface area contributed by atoms with Gasteiger partial charge >= 0.3 is 0 Å². The summed E-state index contributed by atoms with van der Waals surface area (Å²) in [4.78, 5) is 12.2. The highest BCUT2D eigenvalue weighted by atomic mass is 79.9. The van der Waals surface area contributed by atoms with Crippen LogP contribution in [0, 0.1) is 0 Å². The first-order chi connectivity index (χ1) is 8.58. The fourth-order valence-corrected chi connectivity index (χ4v) is 2.21.